The van der Waals surface area contributed by atoms with Gasteiger partial charge in [-0.15, -0.1) is 6.58 Å². The molecule has 1 aliphatic rings. The molecule has 0 bridgehead atoms. The number of aromatic nitrogens is 2. The van der Waals surface area contributed by atoms with E-state index in [0.29, 0.717) is 11.5 Å². The molecule has 0 unspecified atom stereocenters. The molecule has 0 radical (unpaired) electrons. The lowest BCUT2D eigenvalue weighted by Crippen LogP contribution is -2.35. The number of fused-ring (bicyclic) bond motifs is 1. The van der Waals surface area contributed by atoms with E-state index >= 15 is 0 Å². The summed E-state index contributed by atoms with van der Waals surface area (Å²) >= 11 is 0. The molecule has 2 aromatic rings. The molecule has 0 aliphatic heterocycles. The summed E-state index contributed by atoms with van der Waals surface area (Å²) in [5, 5.41) is 7.79. The SMILES string of the molecule is C=C[C@@H]1CC[C@@H](Nc2c(C(N)=O)cnn3cccc23)C1(C)C. The zero-order valence-corrected chi connectivity index (χ0v) is 13.0. The quantitative estimate of drug-likeness (QED) is 0.853. The van der Waals surface area contributed by atoms with E-state index in [9.17, 15) is 4.79 Å². The number of carbonyl (C=O) groups excluding carboxylic acids is 1. The number of hydrogen-bond donors (Lipinski definition) is 2. The summed E-state index contributed by atoms with van der Waals surface area (Å²) in [6, 6.07) is 4.11. The average molecular weight is 298 g/mol. The number of anilines is 1. The Bertz CT molecular complexity index is 731. The van der Waals surface area contributed by atoms with Crippen LogP contribution in [-0.4, -0.2) is 21.6 Å². The van der Waals surface area contributed by atoms with Crippen molar-refractivity contribution in [2.45, 2.75) is 32.7 Å². The third kappa shape index (κ3) is 2.17. The van der Waals surface area contributed by atoms with Gasteiger partial charge in [0.2, 0.25) is 0 Å². The van der Waals surface area contributed by atoms with Crippen LogP contribution in [-0.2, 0) is 0 Å². The van der Waals surface area contributed by atoms with Crippen LogP contribution in [0.3, 0.4) is 0 Å². The van der Waals surface area contributed by atoms with Crippen LogP contribution in [0.25, 0.3) is 5.52 Å². The van der Waals surface area contributed by atoms with Gasteiger partial charge in [0.25, 0.3) is 5.91 Å². The van der Waals surface area contributed by atoms with E-state index in [-0.39, 0.29) is 11.5 Å². The van der Waals surface area contributed by atoms with Crippen molar-refractivity contribution in [1.82, 2.24) is 9.61 Å². The van der Waals surface area contributed by atoms with Crippen molar-refractivity contribution in [2.75, 3.05) is 5.32 Å². The number of amides is 1. The third-order valence-electron chi connectivity index (χ3n) is 5.05. The van der Waals surface area contributed by atoms with Crippen LogP contribution in [0.2, 0.25) is 0 Å². The molecule has 2 aromatic heterocycles. The average Bonchev–Trinajstić information content (AvgIpc) is 3.04. The molecule has 1 fully saturated rings. The van der Waals surface area contributed by atoms with Crippen molar-refractivity contribution in [3.63, 3.8) is 0 Å². The first kappa shape index (κ1) is 14.6. The van der Waals surface area contributed by atoms with E-state index in [2.05, 4.69) is 30.8 Å². The summed E-state index contributed by atoms with van der Waals surface area (Å²) in [7, 11) is 0. The zero-order valence-electron chi connectivity index (χ0n) is 13.0. The second kappa shape index (κ2) is 5.16. The maximum Gasteiger partial charge on any atom is 0.252 e. The number of carbonyl (C=O) groups is 1. The van der Waals surface area contributed by atoms with Crippen molar-refractivity contribution >= 4 is 17.1 Å². The molecule has 0 saturated heterocycles. The molecule has 0 spiro atoms. The number of nitrogens with one attached hydrogen (secondary N) is 1. The fourth-order valence-corrected chi connectivity index (χ4v) is 3.53. The van der Waals surface area contributed by atoms with Gasteiger partial charge in [0.15, 0.2) is 0 Å². The van der Waals surface area contributed by atoms with Crippen molar-refractivity contribution in [3.05, 3.63) is 42.7 Å². The molecule has 3 N–H and O–H groups in total. The van der Waals surface area contributed by atoms with Crippen molar-refractivity contribution in [2.24, 2.45) is 17.1 Å². The van der Waals surface area contributed by atoms with Crippen LogP contribution in [0.1, 0.15) is 37.0 Å². The maximum atomic E-state index is 11.8. The Labute approximate surface area is 130 Å². The summed E-state index contributed by atoms with van der Waals surface area (Å²) in [6.07, 6.45) is 7.57. The fraction of sp³-hybridized carbons (Fsp3) is 0.412. The molecule has 116 valence electrons. The molecular formula is C17H22N4O. The summed E-state index contributed by atoms with van der Waals surface area (Å²) < 4.78 is 1.75. The molecule has 1 amide bonds. The lowest BCUT2D eigenvalue weighted by Gasteiger charge is -2.33. The minimum absolute atomic E-state index is 0.0729. The van der Waals surface area contributed by atoms with Gasteiger partial charge >= 0.3 is 0 Å². The lowest BCUT2D eigenvalue weighted by atomic mass is 9.79. The van der Waals surface area contributed by atoms with E-state index in [1.807, 2.05) is 24.4 Å². The van der Waals surface area contributed by atoms with Gasteiger partial charge in [0.1, 0.15) is 0 Å². The van der Waals surface area contributed by atoms with Gasteiger partial charge in [-0.2, -0.15) is 5.10 Å². The number of nitrogens with zero attached hydrogens (tertiary/aromatic N) is 2. The van der Waals surface area contributed by atoms with E-state index in [1.165, 1.54) is 6.20 Å². The number of rotatable bonds is 4. The maximum absolute atomic E-state index is 11.8. The van der Waals surface area contributed by atoms with Gasteiger partial charge in [-0.1, -0.05) is 19.9 Å². The minimum atomic E-state index is -0.463. The predicted octanol–water partition coefficient (Wildman–Crippen LogP) is 2.84. The van der Waals surface area contributed by atoms with Gasteiger partial charge in [-0.05, 0) is 36.3 Å². The normalized spacial score (nSPS) is 23.5. The van der Waals surface area contributed by atoms with Crippen LogP contribution in [0.5, 0.6) is 0 Å². The Hall–Kier alpha value is -2.30. The number of nitrogens with two attached hydrogens (primary N) is 1. The van der Waals surface area contributed by atoms with Crippen molar-refractivity contribution in [3.8, 4) is 0 Å². The topological polar surface area (TPSA) is 72.4 Å². The van der Waals surface area contributed by atoms with Gasteiger partial charge in [0, 0.05) is 12.2 Å². The highest BCUT2D eigenvalue weighted by Gasteiger charge is 2.41. The summed E-state index contributed by atoms with van der Waals surface area (Å²) in [6.45, 7) is 8.43. The van der Waals surface area contributed by atoms with E-state index in [4.69, 9.17) is 5.73 Å². The predicted molar refractivity (Wildman–Crippen MR) is 87.8 cm³/mol. The highest BCUT2D eigenvalue weighted by molar-refractivity contribution is 6.01. The third-order valence-corrected chi connectivity index (χ3v) is 5.05. The van der Waals surface area contributed by atoms with E-state index in [0.717, 1.165) is 24.0 Å². The molecular weight excluding hydrogens is 276 g/mol. The highest BCUT2D eigenvalue weighted by atomic mass is 16.1. The molecule has 5 nitrogen and oxygen atoms in total. The Morgan fingerprint density at radius 1 is 1.55 bits per heavy atom. The first-order chi connectivity index (χ1) is 10.4. The molecule has 3 rings (SSSR count). The van der Waals surface area contributed by atoms with Gasteiger partial charge in [-0.25, -0.2) is 4.52 Å². The van der Waals surface area contributed by atoms with Crippen LogP contribution >= 0.6 is 0 Å². The van der Waals surface area contributed by atoms with Gasteiger partial charge < -0.3 is 11.1 Å². The monoisotopic (exact) mass is 298 g/mol. The summed E-state index contributed by atoms with van der Waals surface area (Å²) in [5.74, 6) is 0.00134. The first-order valence-corrected chi connectivity index (χ1v) is 7.60. The second-order valence-corrected chi connectivity index (χ2v) is 6.57. The van der Waals surface area contributed by atoms with Crippen LogP contribution in [0.15, 0.2) is 37.2 Å². The molecule has 2 heterocycles. The van der Waals surface area contributed by atoms with Crippen molar-refractivity contribution in [1.29, 1.82) is 0 Å². The highest BCUT2D eigenvalue weighted by Crippen LogP contribution is 2.45. The van der Waals surface area contributed by atoms with Crippen LogP contribution < -0.4 is 11.1 Å². The zero-order chi connectivity index (χ0) is 15.9. The molecule has 2 atom stereocenters. The van der Waals surface area contributed by atoms with Crippen LogP contribution in [0, 0.1) is 11.3 Å². The number of allylic oxidation sites excluding steroid dienone is 1. The van der Waals surface area contributed by atoms with Crippen molar-refractivity contribution < 1.29 is 4.79 Å². The molecule has 22 heavy (non-hydrogen) atoms. The second-order valence-electron chi connectivity index (χ2n) is 6.57. The smallest absolute Gasteiger partial charge is 0.252 e. The lowest BCUT2D eigenvalue weighted by molar-refractivity contribution is 0.100. The Balaban J connectivity index is 2.03. The Morgan fingerprint density at radius 3 is 2.95 bits per heavy atom. The minimum Gasteiger partial charge on any atom is -0.379 e. The van der Waals surface area contributed by atoms with Crippen LogP contribution in [0.4, 0.5) is 5.69 Å². The van der Waals surface area contributed by atoms with Gasteiger partial charge in [0.05, 0.1) is 23.0 Å². The van der Waals surface area contributed by atoms with Gasteiger partial charge in [-0.3, -0.25) is 4.79 Å². The largest absolute Gasteiger partial charge is 0.379 e. The Kier molecular flexibility index (Phi) is 3.43. The molecule has 0 aromatic carbocycles. The van der Waals surface area contributed by atoms with E-state index < -0.39 is 5.91 Å². The number of primary amides is 1. The standard InChI is InChI=1S/C17H22N4O/c1-4-11-7-8-14(17(11,2)3)20-15-12(16(18)22)10-19-21-9-5-6-13(15)21/h4-6,9-11,14,20H,1,7-8H2,2-3H3,(H2,18,22)/t11-,14-/m1/s1. The fourth-order valence-electron chi connectivity index (χ4n) is 3.53. The Morgan fingerprint density at radius 2 is 2.32 bits per heavy atom. The van der Waals surface area contributed by atoms with E-state index in [1.54, 1.807) is 4.52 Å². The molecule has 1 aliphatic carbocycles. The molecule has 1 saturated carbocycles. The number of hydrogen-bond acceptors (Lipinski definition) is 3. The summed E-state index contributed by atoms with van der Waals surface area (Å²) in [5.41, 5.74) is 7.68. The summed E-state index contributed by atoms with van der Waals surface area (Å²) in [4.78, 5) is 11.8. The first-order valence-electron chi connectivity index (χ1n) is 7.60. The molecule has 5 heteroatoms.